The first-order valence-electron chi connectivity index (χ1n) is 19.3. The van der Waals surface area contributed by atoms with E-state index in [0.29, 0.717) is 0 Å². The number of furan rings is 2. The number of anilines is 3. The van der Waals surface area contributed by atoms with Crippen LogP contribution in [0.4, 0.5) is 17.1 Å². The highest BCUT2D eigenvalue weighted by molar-refractivity contribution is 6.14. The molecular weight excluding hydrogens is 685 g/mol. The summed E-state index contributed by atoms with van der Waals surface area (Å²) in [6, 6.07) is 62.8. The molecule has 3 aromatic heterocycles. The minimum Gasteiger partial charge on any atom is -0.454 e. The van der Waals surface area contributed by atoms with Crippen LogP contribution in [0.2, 0.25) is 0 Å². The third kappa shape index (κ3) is 4.99. The van der Waals surface area contributed by atoms with Gasteiger partial charge in [0.15, 0.2) is 11.2 Å². The van der Waals surface area contributed by atoms with Crippen molar-refractivity contribution in [2.45, 2.75) is 26.2 Å². The van der Waals surface area contributed by atoms with Gasteiger partial charge in [0.05, 0.1) is 22.4 Å². The number of hydrogen-bond acceptors (Lipinski definition) is 3. The van der Waals surface area contributed by atoms with Crippen LogP contribution in [-0.4, -0.2) is 4.57 Å². The topological polar surface area (TPSA) is 34.5 Å². The van der Waals surface area contributed by atoms with Gasteiger partial charge >= 0.3 is 0 Å². The molecule has 4 heteroatoms. The predicted molar refractivity (Wildman–Crippen MR) is 234 cm³/mol. The van der Waals surface area contributed by atoms with Gasteiger partial charge in [-0.25, -0.2) is 0 Å². The molecule has 0 N–H and O–H groups in total. The summed E-state index contributed by atoms with van der Waals surface area (Å²) < 4.78 is 15.7. The zero-order valence-corrected chi connectivity index (χ0v) is 31.5. The second-order valence-electron chi connectivity index (χ2n) is 15.8. The maximum absolute atomic E-state index is 6.63. The lowest BCUT2D eigenvalue weighted by atomic mass is 9.87. The maximum atomic E-state index is 6.63. The predicted octanol–water partition coefficient (Wildman–Crippen LogP) is 15.0. The van der Waals surface area contributed by atoms with E-state index >= 15 is 0 Å². The van der Waals surface area contributed by atoms with E-state index in [9.17, 15) is 0 Å². The summed E-state index contributed by atoms with van der Waals surface area (Å²) in [5.74, 6) is 0. The van der Waals surface area contributed by atoms with Gasteiger partial charge in [0.1, 0.15) is 11.2 Å². The summed E-state index contributed by atoms with van der Waals surface area (Å²) in [7, 11) is 0. The summed E-state index contributed by atoms with van der Waals surface area (Å²) in [6.45, 7) is 6.78. The molecule has 11 rings (SSSR count). The van der Waals surface area contributed by atoms with Crippen molar-refractivity contribution >= 4 is 82.7 Å². The molecular formula is C52H38N2O2. The van der Waals surface area contributed by atoms with Crippen LogP contribution >= 0.6 is 0 Å². The molecule has 56 heavy (non-hydrogen) atoms. The molecule has 4 nitrogen and oxygen atoms in total. The highest BCUT2D eigenvalue weighted by atomic mass is 16.3. The molecule has 0 aliphatic carbocycles. The van der Waals surface area contributed by atoms with E-state index in [1.165, 1.54) is 27.4 Å². The van der Waals surface area contributed by atoms with Gasteiger partial charge in [-0.05, 0) is 82.8 Å². The molecule has 0 bridgehead atoms. The van der Waals surface area contributed by atoms with Crippen LogP contribution in [0.15, 0.2) is 185 Å². The monoisotopic (exact) mass is 722 g/mol. The molecule has 0 amide bonds. The number of fused-ring (bicyclic) bond motifs is 9. The zero-order valence-electron chi connectivity index (χ0n) is 31.5. The summed E-state index contributed by atoms with van der Waals surface area (Å²) in [4.78, 5) is 2.28. The molecule has 268 valence electrons. The standard InChI is InChI=1S/C52H38N2O2/c1-52(2,3)35-25-29-37(30-26-35)53-44-17-7-4-12-38(44)39-31-24-34(32-47(39)53)33-22-27-36(28-23-33)54(45-18-10-15-42-40-13-5-8-20-48(40)55-50(42)45)46-19-11-16-43-41-14-6-9-21-49(41)56-51(43)46/h4-32H,1-3H3. The quantitative estimate of drug-likeness (QED) is 0.177. The van der Waals surface area contributed by atoms with Crippen molar-refractivity contribution < 1.29 is 8.83 Å². The van der Waals surface area contributed by atoms with E-state index in [0.717, 1.165) is 77.8 Å². The summed E-state index contributed by atoms with van der Waals surface area (Å²) in [6.07, 6.45) is 0. The zero-order chi connectivity index (χ0) is 37.5. The Morgan fingerprint density at radius 1 is 0.429 bits per heavy atom. The lowest BCUT2D eigenvalue weighted by molar-refractivity contribution is 0.590. The van der Waals surface area contributed by atoms with E-state index in [1.54, 1.807) is 0 Å². The van der Waals surface area contributed by atoms with Crippen LogP contribution in [0.5, 0.6) is 0 Å². The summed E-state index contributed by atoms with van der Waals surface area (Å²) in [5, 5.41) is 6.84. The number of benzene rings is 8. The van der Waals surface area contributed by atoms with Crippen LogP contribution in [0.1, 0.15) is 26.3 Å². The minimum absolute atomic E-state index is 0.0887. The van der Waals surface area contributed by atoms with Crippen LogP contribution in [0.25, 0.3) is 82.5 Å². The van der Waals surface area contributed by atoms with E-state index < -0.39 is 0 Å². The smallest absolute Gasteiger partial charge is 0.159 e. The van der Waals surface area contributed by atoms with E-state index in [2.05, 4.69) is 182 Å². The largest absolute Gasteiger partial charge is 0.454 e. The molecule has 0 aliphatic heterocycles. The SMILES string of the molecule is CC(C)(C)c1ccc(-n2c3ccccc3c3ccc(-c4ccc(N(c5cccc6c5oc5ccccc56)c5cccc6c5oc5ccccc56)cc4)cc32)cc1. The van der Waals surface area contributed by atoms with Crippen LogP contribution < -0.4 is 4.90 Å². The Kier molecular flexibility index (Phi) is 7.08. The van der Waals surface area contributed by atoms with Crippen molar-refractivity contribution in [3.05, 3.63) is 181 Å². The minimum atomic E-state index is 0.0887. The van der Waals surface area contributed by atoms with Crippen molar-refractivity contribution in [3.8, 4) is 16.8 Å². The Morgan fingerprint density at radius 3 is 1.55 bits per heavy atom. The second-order valence-corrected chi connectivity index (χ2v) is 15.8. The highest BCUT2D eigenvalue weighted by Gasteiger charge is 2.23. The van der Waals surface area contributed by atoms with E-state index in [-0.39, 0.29) is 5.41 Å². The van der Waals surface area contributed by atoms with Gasteiger partial charge in [0.2, 0.25) is 0 Å². The van der Waals surface area contributed by atoms with Crippen LogP contribution in [-0.2, 0) is 5.41 Å². The average Bonchev–Trinajstić information content (AvgIpc) is 3.91. The fourth-order valence-electron chi connectivity index (χ4n) is 8.57. The summed E-state index contributed by atoms with van der Waals surface area (Å²) >= 11 is 0. The fourth-order valence-corrected chi connectivity index (χ4v) is 8.57. The van der Waals surface area contributed by atoms with Crippen molar-refractivity contribution in [2.75, 3.05) is 4.90 Å². The second kappa shape index (κ2) is 12.2. The van der Waals surface area contributed by atoms with Gasteiger partial charge in [-0.3, -0.25) is 0 Å². The van der Waals surface area contributed by atoms with Gasteiger partial charge in [0, 0.05) is 43.7 Å². The molecule has 0 spiro atoms. The third-order valence-electron chi connectivity index (χ3n) is 11.4. The Morgan fingerprint density at radius 2 is 0.946 bits per heavy atom. The van der Waals surface area contributed by atoms with Crippen LogP contribution in [0.3, 0.4) is 0 Å². The lowest BCUT2D eigenvalue weighted by Crippen LogP contribution is -2.10. The van der Waals surface area contributed by atoms with Crippen molar-refractivity contribution in [3.63, 3.8) is 0 Å². The van der Waals surface area contributed by atoms with Crippen molar-refractivity contribution in [2.24, 2.45) is 0 Å². The van der Waals surface area contributed by atoms with Gasteiger partial charge in [-0.1, -0.05) is 136 Å². The molecule has 8 aromatic carbocycles. The molecule has 3 heterocycles. The number of aromatic nitrogens is 1. The van der Waals surface area contributed by atoms with Crippen molar-refractivity contribution in [1.29, 1.82) is 0 Å². The Balaban J connectivity index is 1.08. The van der Waals surface area contributed by atoms with Gasteiger partial charge in [0.25, 0.3) is 0 Å². The number of para-hydroxylation sites is 5. The average molecular weight is 723 g/mol. The molecule has 0 radical (unpaired) electrons. The molecule has 0 unspecified atom stereocenters. The Labute approximate surface area is 324 Å². The first-order valence-corrected chi connectivity index (χ1v) is 19.3. The molecule has 0 fully saturated rings. The van der Waals surface area contributed by atoms with Crippen molar-refractivity contribution in [1.82, 2.24) is 4.57 Å². The lowest BCUT2D eigenvalue weighted by Gasteiger charge is -2.25. The fraction of sp³-hybridized carbons (Fsp3) is 0.0769. The maximum Gasteiger partial charge on any atom is 0.159 e. The molecule has 11 aromatic rings. The van der Waals surface area contributed by atoms with E-state index in [4.69, 9.17) is 8.83 Å². The van der Waals surface area contributed by atoms with Gasteiger partial charge in [-0.15, -0.1) is 0 Å². The normalized spacial score (nSPS) is 12.2. The first kappa shape index (κ1) is 32.4. The summed E-state index contributed by atoms with van der Waals surface area (Å²) in [5.41, 5.74) is 13.6. The molecule has 0 saturated carbocycles. The Bertz CT molecular complexity index is 3170. The molecule has 0 saturated heterocycles. The number of rotatable bonds is 5. The van der Waals surface area contributed by atoms with Gasteiger partial charge in [-0.2, -0.15) is 0 Å². The van der Waals surface area contributed by atoms with E-state index in [1.807, 2.05) is 24.3 Å². The molecule has 0 aliphatic rings. The van der Waals surface area contributed by atoms with Crippen LogP contribution in [0, 0.1) is 0 Å². The Hall–Kier alpha value is -7.04. The highest BCUT2D eigenvalue weighted by Crippen LogP contribution is 2.46. The first-order chi connectivity index (χ1) is 27.4. The number of nitrogens with zero attached hydrogens (tertiary/aromatic N) is 2. The van der Waals surface area contributed by atoms with Gasteiger partial charge < -0.3 is 18.3 Å². The third-order valence-corrected chi connectivity index (χ3v) is 11.4. The molecule has 0 atom stereocenters. The number of hydrogen-bond donors (Lipinski definition) is 0.